The molecule has 0 saturated heterocycles. The number of hydrogen-bond acceptors (Lipinski definition) is 4. The highest BCUT2D eigenvalue weighted by Crippen LogP contribution is 2.24. The summed E-state index contributed by atoms with van der Waals surface area (Å²) in [6, 6.07) is 24.3. The van der Waals surface area contributed by atoms with Crippen LogP contribution in [0.5, 0.6) is 5.75 Å². The van der Waals surface area contributed by atoms with Crippen molar-refractivity contribution >= 4 is 17.5 Å². The summed E-state index contributed by atoms with van der Waals surface area (Å²) in [7, 11) is 1.61. The van der Waals surface area contributed by atoms with Gasteiger partial charge >= 0.3 is 0 Å². The van der Waals surface area contributed by atoms with E-state index >= 15 is 0 Å². The van der Waals surface area contributed by atoms with Crippen LogP contribution in [0.1, 0.15) is 16.2 Å². The molecule has 0 radical (unpaired) electrons. The van der Waals surface area contributed by atoms with Crippen molar-refractivity contribution in [1.82, 2.24) is 20.1 Å². The maximum absolute atomic E-state index is 12.7. The maximum Gasteiger partial charge on any atom is 0.291 e. The van der Waals surface area contributed by atoms with Crippen molar-refractivity contribution < 1.29 is 9.53 Å². The maximum atomic E-state index is 12.7. The van der Waals surface area contributed by atoms with Crippen LogP contribution in [-0.2, 0) is 6.54 Å². The Morgan fingerprint density at radius 1 is 1.00 bits per heavy atom. The van der Waals surface area contributed by atoms with Gasteiger partial charge in [0.25, 0.3) is 5.91 Å². The molecule has 30 heavy (non-hydrogen) atoms. The van der Waals surface area contributed by atoms with E-state index in [0.29, 0.717) is 17.4 Å². The van der Waals surface area contributed by atoms with Gasteiger partial charge in [-0.15, -0.1) is 5.10 Å². The second kappa shape index (κ2) is 8.80. The van der Waals surface area contributed by atoms with Crippen LogP contribution in [0.2, 0.25) is 5.02 Å². The summed E-state index contributed by atoms with van der Waals surface area (Å²) in [5.41, 5.74) is 2.55. The Morgan fingerprint density at radius 2 is 1.70 bits per heavy atom. The van der Waals surface area contributed by atoms with Gasteiger partial charge < -0.3 is 10.1 Å². The third-order valence-electron chi connectivity index (χ3n) is 4.53. The van der Waals surface area contributed by atoms with Gasteiger partial charge in [-0.1, -0.05) is 41.9 Å². The summed E-state index contributed by atoms with van der Waals surface area (Å²) in [6.45, 7) is 0.396. The van der Waals surface area contributed by atoms with Crippen molar-refractivity contribution in [2.45, 2.75) is 6.54 Å². The molecule has 150 valence electrons. The van der Waals surface area contributed by atoms with Gasteiger partial charge in [0.15, 0.2) is 5.82 Å². The van der Waals surface area contributed by atoms with Gasteiger partial charge in [0.05, 0.1) is 12.8 Å². The molecular formula is C23H19ClN4O2. The fourth-order valence-corrected chi connectivity index (χ4v) is 3.08. The molecule has 0 aliphatic carbocycles. The molecule has 4 aromatic rings. The molecule has 1 aromatic heterocycles. The Bertz CT molecular complexity index is 1140. The zero-order valence-electron chi connectivity index (χ0n) is 16.2. The Hall–Kier alpha value is -3.64. The number of rotatable bonds is 6. The lowest BCUT2D eigenvalue weighted by Gasteiger charge is -2.07. The molecule has 1 heterocycles. The lowest BCUT2D eigenvalue weighted by atomic mass is 10.2. The zero-order chi connectivity index (χ0) is 20.9. The quantitative estimate of drug-likeness (QED) is 0.499. The highest BCUT2D eigenvalue weighted by molar-refractivity contribution is 6.30. The topological polar surface area (TPSA) is 69.0 Å². The number of amides is 1. The number of nitrogens with one attached hydrogen (secondary N) is 1. The summed E-state index contributed by atoms with van der Waals surface area (Å²) in [4.78, 5) is 17.2. The van der Waals surface area contributed by atoms with Crippen LogP contribution >= 0.6 is 11.6 Å². The van der Waals surface area contributed by atoms with Crippen molar-refractivity contribution in [3.63, 3.8) is 0 Å². The number of methoxy groups -OCH3 is 1. The van der Waals surface area contributed by atoms with E-state index in [0.717, 1.165) is 22.6 Å². The third-order valence-corrected chi connectivity index (χ3v) is 4.78. The van der Waals surface area contributed by atoms with E-state index in [1.165, 1.54) is 0 Å². The van der Waals surface area contributed by atoms with Crippen LogP contribution in [0.15, 0.2) is 78.9 Å². The Kier molecular flexibility index (Phi) is 5.77. The van der Waals surface area contributed by atoms with E-state index in [2.05, 4.69) is 15.4 Å². The molecule has 4 rings (SSSR count). The molecule has 7 heteroatoms. The van der Waals surface area contributed by atoms with Gasteiger partial charge in [0, 0.05) is 17.1 Å². The first-order valence-corrected chi connectivity index (χ1v) is 9.71. The van der Waals surface area contributed by atoms with E-state index in [1.807, 2.05) is 66.7 Å². The average molecular weight is 419 g/mol. The van der Waals surface area contributed by atoms with E-state index in [9.17, 15) is 4.79 Å². The highest BCUT2D eigenvalue weighted by Gasteiger charge is 2.19. The standard InChI is InChI=1S/C23H19ClN4O2/c1-30-20-13-11-19(12-14-20)28-22(17-7-9-18(24)10-8-17)26-21(27-28)23(29)25-15-16-5-3-2-4-6-16/h2-14H,15H2,1H3,(H,25,29). The molecule has 0 saturated carbocycles. The van der Waals surface area contributed by atoms with E-state index < -0.39 is 0 Å². The zero-order valence-corrected chi connectivity index (χ0v) is 17.0. The first-order valence-electron chi connectivity index (χ1n) is 9.33. The minimum absolute atomic E-state index is 0.0895. The minimum Gasteiger partial charge on any atom is -0.497 e. The predicted octanol–water partition coefficient (Wildman–Crippen LogP) is 4.53. The lowest BCUT2D eigenvalue weighted by Crippen LogP contribution is -2.24. The van der Waals surface area contributed by atoms with Crippen molar-refractivity contribution in [3.8, 4) is 22.8 Å². The number of carbonyl (C=O) groups excluding carboxylic acids is 1. The van der Waals surface area contributed by atoms with Crippen molar-refractivity contribution in [2.24, 2.45) is 0 Å². The molecule has 0 aliphatic rings. The van der Waals surface area contributed by atoms with Crippen molar-refractivity contribution in [3.05, 3.63) is 95.3 Å². The smallest absolute Gasteiger partial charge is 0.291 e. The molecular weight excluding hydrogens is 400 g/mol. The number of benzene rings is 3. The molecule has 0 spiro atoms. The first-order chi connectivity index (χ1) is 14.6. The third kappa shape index (κ3) is 4.34. The number of hydrogen-bond donors (Lipinski definition) is 1. The molecule has 1 amide bonds. The summed E-state index contributed by atoms with van der Waals surface area (Å²) in [5.74, 6) is 1.02. The fourth-order valence-electron chi connectivity index (χ4n) is 2.95. The number of carbonyl (C=O) groups is 1. The number of halogens is 1. The number of aromatic nitrogens is 3. The largest absolute Gasteiger partial charge is 0.497 e. The van der Waals surface area contributed by atoms with E-state index in [1.54, 1.807) is 23.9 Å². The van der Waals surface area contributed by atoms with E-state index in [-0.39, 0.29) is 11.7 Å². The monoisotopic (exact) mass is 418 g/mol. The Labute approximate surface area is 179 Å². The Balaban J connectivity index is 1.67. The lowest BCUT2D eigenvalue weighted by molar-refractivity contribution is 0.0940. The van der Waals surface area contributed by atoms with E-state index in [4.69, 9.17) is 16.3 Å². The summed E-state index contributed by atoms with van der Waals surface area (Å²) in [5, 5.41) is 7.95. The van der Waals surface area contributed by atoms with Crippen LogP contribution < -0.4 is 10.1 Å². The van der Waals surface area contributed by atoms with Crippen molar-refractivity contribution in [1.29, 1.82) is 0 Å². The molecule has 0 atom stereocenters. The van der Waals surface area contributed by atoms with Crippen LogP contribution in [0.4, 0.5) is 0 Å². The fraction of sp³-hybridized carbons (Fsp3) is 0.0870. The van der Waals surface area contributed by atoms with Crippen molar-refractivity contribution in [2.75, 3.05) is 7.11 Å². The SMILES string of the molecule is COc1ccc(-n2nc(C(=O)NCc3ccccc3)nc2-c2ccc(Cl)cc2)cc1. The minimum atomic E-state index is -0.346. The number of ether oxygens (including phenoxy) is 1. The van der Waals surface area contributed by atoms with Crippen LogP contribution in [0.25, 0.3) is 17.1 Å². The molecule has 0 unspecified atom stereocenters. The van der Waals surface area contributed by atoms with Gasteiger partial charge in [-0.05, 0) is 54.1 Å². The molecule has 0 aliphatic heterocycles. The molecule has 0 fully saturated rings. The van der Waals surface area contributed by atoms with Gasteiger partial charge in [0.1, 0.15) is 5.75 Å². The highest BCUT2D eigenvalue weighted by atomic mass is 35.5. The Morgan fingerprint density at radius 3 is 2.37 bits per heavy atom. The first kappa shape index (κ1) is 19.7. The van der Waals surface area contributed by atoms with Gasteiger partial charge in [-0.2, -0.15) is 0 Å². The molecule has 6 nitrogen and oxygen atoms in total. The molecule has 1 N–H and O–H groups in total. The van der Waals surface area contributed by atoms with Crippen LogP contribution in [-0.4, -0.2) is 27.8 Å². The summed E-state index contributed by atoms with van der Waals surface area (Å²) in [6.07, 6.45) is 0. The van der Waals surface area contributed by atoms with Crippen LogP contribution in [0.3, 0.4) is 0 Å². The normalized spacial score (nSPS) is 10.6. The number of nitrogens with zero attached hydrogens (tertiary/aromatic N) is 3. The molecule has 3 aromatic carbocycles. The van der Waals surface area contributed by atoms with Gasteiger partial charge in [-0.3, -0.25) is 4.79 Å². The van der Waals surface area contributed by atoms with Gasteiger partial charge in [-0.25, -0.2) is 9.67 Å². The summed E-state index contributed by atoms with van der Waals surface area (Å²) < 4.78 is 6.87. The second-order valence-corrected chi connectivity index (χ2v) is 6.98. The van der Waals surface area contributed by atoms with Crippen LogP contribution in [0, 0.1) is 0 Å². The van der Waals surface area contributed by atoms with Gasteiger partial charge in [0.2, 0.25) is 5.82 Å². The average Bonchev–Trinajstić information content (AvgIpc) is 3.24. The predicted molar refractivity (Wildman–Crippen MR) is 116 cm³/mol. The second-order valence-electron chi connectivity index (χ2n) is 6.54. The summed E-state index contributed by atoms with van der Waals surface area (Å²) >= 11 is 6.02. The molecule has 0 bridgehead atoms.